The van der Waals surface area contributed by atoms with Crippen molar-refractivity contribution in [1.29, 1.82) is 0 Å². The van der Waals surface area contributed by atoms with Gasteiger partial charge in [0.05, 0.1) is 27.2 Å². The topological polar surface area (TPSA) is 91.0 Å². The van der Waals surface area contributed by atoms with Crippen molar-refractivity contribution < 1.29 is 9.59 Å². The SMILES string of the molecule is O=C1NC(=O)N(c2ccc3nc[nH]c3c2)C1c1ccc(-c2cnc(C3CC3)s2)cc1. The lowest BCUT2D eigenvalue weighted by molar-refractivity contribution is -0.119. The standard InChI is InChI=1S/C22H17N5O2S/c28-20-19(27(22(29)26-20)15-7-8-16-17(9-15)25-11-24-16)13-3-1-12(2-4-13)18-10-23-21(30-18)14-5-6-14/h1-4,7-11,14,19H,5-6H2,(H,24,25)(H,26,28,29). The molecule has 7 nitrogen and oxygen atoms in total. The molecular weight excluding hydrogens is 398 g/mol. The van der Waals surface area contributed by atoms with Crippen LogP contribution in [0.2, 0.25) is 0 Å². The zero-order valence-electron chi connectivity index (χ0n) is 15.8. The van der Waals surface area contributed by atoms with Gasteiger partial charge in [-0.3, -0.25) is 15.0 Å². The zero-order chi connectivity index (χ0) is 20.2. The minimum Gasteiger partial charge on any atom is -0.345 e. The number of benzene rings is 2. The number of nitrogens with zero attached hydrogens (tertiary/aromatic N) is 3. The van der Waals surface area contributed by atoms with E-state index in [1.807, 2.05) is 42.6 Å². The predicted molar refractivity (Wildman–Crippen MR) is 114 cm³/mol. The summed E-state index contributed by atoms with van der Waals surface area (Å²) in [6, 6.07) is 12.1. The van der Waals surface area contributed by atoms with Gasteiger partial charge in [-0.2, -0.15) is 0 Å². The predicted octanol–water partition coefficient (Wildman–Crippen LogP) is 4.36. The average Bonchev–Trinajstić information content (AvgIpc) is 3.18. The molecule has 2 fully saturated rings. The first kappa shape index (κ1) is 17.3. The number of thiazole rings is 1. The first-order chi connectivity index (χ1) is 14.7. The number of imide groups is 1. The highest BCUT2D eigenvalue weighted by atomic mass is 32.1. The van der Waals surface area contributed by atoms with Crippen LogP contribution in [-0.2, 0) is 4.79 Å². The van der Waals surface area contributed by atoms with E-state index in [0.29, 0.717) is 11.6 Å². The first-order valence-electron chi connectivity index (χ1n) is 9.80. The molecule has 3 amide bonds. The smallest absolute Gasteiger partial charge is 0.329 e. The lowest BCUT2D eigenvalue weighted by Crippen LogP contribution is -2.29. The number of anilines is 1. The van der Waals surface area contributed by atoms with Crippen LogP contribution < -0.4 is 10.2 Å². The van der Waals surface area contributed by atoms with E-state index in [0.717, 1.165) is 27.0 Å². The summed E-state index contributed by atoms with van der Waals surface area (Å²) in [5.41, 5.74) is 4.09. The Balaban J connectivity index is 1.34. The quantitative estimate of drug-likeness (QED) is 0.485. The van der Waals surface area contributed by atoms with Gasteiger partial charge in [0.15, 0.2) is 0 Å². The molecule has 8 heteroatoms. The molecule has 0 spiro atoms. The molecule has 30 heavy (non-hydrogen) atoms. The third kappa shape index (κ3) is 2.80. The second-order valence-electron chi connectivity index (χ2n) is 7.63. The lowest BCUT2D eigenvalue weighted by Gasteiger charge is -2.22. The van der Waals surface area contributed by atoms with Crippen molar-refractivity contribution in [2.75, 3.05) is 4.90 Å². The molecule has 0 bridgehead atoms. The molecule has 6 rings (SSSR count). The fourth-order valence-corrected chi connectivity index (χ4v) is 4.97. The van der Waals surface area contributed by atoms with Crippen molar-refractivity contribution >= 4 is 40.0 Å². The second-order valence-corrected chi connectivity index (χ2v) is 8.69. The molecule has 1 aliphatic heterocycles. The molecule has 4 aromatic rings. The van der Waals surface area contributed by atoms with E-state index < -0.39 is 12.1 Å². The van der Waals surface area contributed by atoms with Crippen LogP contribution in [0.25, 0.3) is 21.5 Å². The van der Waals surface area contributed by atoms with Gasteiger partial charge in [-0.15, -0.1) is 11.3 Å². The number of urea groups is 1. The van der Waals surface area contributed by atoms with Crippen LogP contribution in [0.3, 0.4) is 0 Å². The minimum absolute atomic E-state index is 0.328. The summed E-state index contributed by atoms with van der Waals surface area (Å²) < 4.78 is 0. The Hall–Kier alpha value is -3.52. The summed E-state index contributed by atoms with van der Waals surface area (Å²) in [5, 5.41) is 3.64. The number of H-pyrrole nitrogens is 1. The summed E-state index contributed by atoms with van der Waals surface area (Å²) in [7, 11) is 0. The largest absolute Gasteiger partial charge is 0.345 e. The maximum atomic E-state index is 12.6. The molecule has 2 aliphatic rings. The monoisotopic (exact) mass is 415 g/mol. The molecule has 1 unspecified atom stereocenters. The van der Waals surface area contributed by atoms with E-state index in [4.69, 9.17) is 0 Å². The van der Waals surface area contributed by atoms with E-state index >= 15 is 0 Å². The summed E-state index contributed by atoms with van der Waals surface area (Å²) in [5.74, 6) is 0.309. The highest BCUT2D eigenvalue weighted by Crippen LogP contribution is 2.43. The minimum atomic E-state index is -0.713. The maximum Gasteiger partial charge on any atom is 0.329 e. The third-order valence-electron chi connectivity index (χ3n) is 5.60. The van der Waals surface area contributed by atoms with Gasteiger partial charge in [0, 0.05) is 17.8 Å². The maximum absolute atomic E-state index is 12.6. The van der Waals surface area contributed by atoms with Crippen molar-refractivity contribution in [2.45, 2.75) is 24.8 Å². The van der Waals surface area contributed by atoms with Gasteiger partial charge in [-0.25, -0.2) is 14.8 Å². The Bertz CT molecular complexity index is 1290. The van der Waals surface area contributed by atoms with Crippen LogP contribution in [0.5, 0.6) is 0 Å². The number of nitrogens with one attached hydrogen (secondary N) is 2. The lowest BCUT2D eigenvalue weighted by atomic mass is 10.0. The second kappa shape index (κ2) is 6.50. The fraction of sp³-hybridized carbons (Fsp3) is 0.182. The molecule has 2 aromatic heterocycles. The Morgan fingerprint density at radius 3 is 2.67 bits per heavy atom. The Kier molecular flexibility index (Phi) is 3.76. The summed E-state index contributed by atoms with van der Waals surface area (Å²) in [6.07, 6.45) is 5.99. The van der Waals surface area contributed by atoms with E-state index in [2.05, 4.69) is 20.3 Å². The van der Waals surface area contributed by atoms with E-state index in [1.54, 1.807) is 23.7 Å². The molecule has 148 valence electrons. The van der Waals surface area contributed by atoms with Crippen LogP contribution >= 0.6 is 11.3 Å². The number of imidazole rings is 1. The Morgan fingerprint density at radius 1 is 1.03 bits per heavy atom. The van der Waals surface area contributed by atoms with Gasteiger partial charge in [-0.05, 0) is 42.2 Å². The van der Waals surface area contributed by atoms with Crippen molar-refractivity contribution in [1.82, 2.24) is 20.3 Å². The number of fused-ring (bicyclic) bond motifs is 1. The number of hydrogen-bond donors (Lipinski definition) is 2. The highest BCUT2D eigenvalue weighted by molar-refractivity contribution is 7.15. The molecule has 1 saturated carbocycles. The highest BCUT2D eigenvalue weighted by Gasteiger charge is 2.40. The van der Waals surface area contributed by atoms with E-state index in [9.17, 15) is 9.59 Å². The summed E-state index contributed by atoms with van der Waals surface area (Å²) in [6.45, 7) is 0. The number of carbonyl (C=O) groups excluding carboxylic acids is 2. The number of carbonyl (C=O) groups is 2. The van der Waals surface area contributed by atoms with Gasteiger partial charge in [-0.1, -0.05) is 24.3 Å². The number of hydrogen-bond acceptors (Lipinski definition) is 5. The third-order valence-corrected chi connectivity index (χ3v) is 6.81. The van der Waals surface area contributed by atoms with Gasteiger partial charge >= 0.3 is 6.03 Å². The molecule has 2 N–H and O–H groups in total. The molecular formula is C22H17N5O2S. The average molecular weight is 415 g/mol. The van der Waals surface area contributed by atoms with Crippen LogP contribution in [0, 0.1) is 0 Å². The summed E-state index contributed by atoms with van der Waals surface area (Å²) >= 11 is 1.73. The molecule has 1 saturated heterocycles. The Labute approximate surface area is 175 Å². The molecule has 0 radical (unpaired) electrons. The molecule has 3 heterocycles. The summed E-state index contributed by atoms with van der Waals surface area (Å²) in [4.78, 5) is 39.6. The van der Waals surface area contributed by atoms with Gasteiger partial charge < -0.3 is 4.98 Å². The zero-order valence-corrected chi connectivity index (χ0v) is 16.6. The fourth-order valence-electron chi connectivity index (χ4n) is 3.88. The molecule has 1 aliphatic carbocycles. The normalized spacial score (nSPS) is 18.9. The van der Waals surface area contributed by atoms with Gasteiger partial charge in [0.2, 0.25) is 0 Å². The van der Waals surface area contributed by atoms with Crippen LogP contribution in [0.1, 0.15) is 35.4 Å². The Morgan fingerprint density at radius 2 is 1.87 bits per heavy atom. The van der Waals surface area contributed by atoms with Crippen molar-refractivity contribution in [2.24, 2.45) is 0 Å². The van der Waals surface area contributed by atoms with Crippen molar-refractivity contribution in [3.8, 4) is 10.4 Å². The first-order valence-corrected chi connectivity index (χ1v) is 10.6. The molecule has 1 atom stereocenters. The number of amides is 3. The van der Waals surface area contributed by atoms with Crippen molar-refractivity contribution in [3.05, 3.63) is 65.6 Å². The number of rotatable bonds is 4. The van der Waals surface area contributed by atoms with Crippen LogP contribution in [-0.4, -0.2) is 26.9 Å². The van der Waals surface area contributed by atoms with Gasteiger partial charge in [0.1, 0.15) is 6.04 Å². The van der Waals surface area contributed by atoms with Gasteiger partial charge in [0.25, 0.3) is 5.91 Å². The van der Waals surface area contributed by atoms with Crippen LogP contribution in [0.15, 0.2) is 55.0 Å². The van der Waals surface area contributed by atoms with Crippen molar-refractivity contribution in [3.63, 3.8) is 0 Å². The number of aromatic amines is 1. The molecule has 2 aromatic carbocycles. The van der Waals surface area contributed by atoms with E-state index in [1.165, 1.54) is 22.7 Å². The van der Waals surface area contributed by atoms with E-state index in [-0.39, 0.29) is 5.91 Å². The number of aromatic nitrogens is 3. The van der Waals surface area contributed by atoms with Crippen LogP contribution in [0.4, 0.5) is 10.5 Å².